The normalized spacial score (nSPS) is 19.5. The van der Waals surface area contributed by atoms with Crippen LogP contribution in [0.2, 0.25) is 0 Å². The van der Waals surface area contributed by atoms with Crippen LogP contribution in [0.3, 0.4) is 0 Å². The Morgan fingerprint density at radius 2 is 2.00 bits per heavy atom. The van der Waals surface area contributed by atoms with Crippen LogP contribution in [0, 0.1) is 6.92 Å². The first kappa shape index (κ1) is 20.1. The van der Waals surface area contributed by atoms with E-state index in [9.17, 15) is 14.4 Å². The van der Waals surface area contributed by atoms with E-state index in [4.69, 9.17) is 4.74 Å². The number of likely N-dealkylation sites (N-methyl/N-ethyl adjacent to an activating group) is 1. The molecular formula is C20H29N4O4+. The van der Waals surface area contributed by atoms with Crippen LogP contribution >= 0.6 is 0 Å². The summed E-state index contributed by atoms with van der Waals surface area (Å²) in [6, 6.07) is 5.38. The van der Waals surface area contributed by atoms with Crippen molar-refractivity contribution in [3.63, 3.8) is 0 Å². The zero-order chi connectivity index (χ0) is 20.3. The van der Waals surface area contributed by atoms with Crippen molar-refractivity contribution in [3.8, 4) is 5.75 Å². The maximum Gasteiger partial charge on any atom is 0.344 e. The van der Waals surface area contributed by atoms with E-state index in [-0.39, 0.29) is 18.4 Å². The van der Waals surface area contributed by atoms with Gasteiger partial charge in [0.25, 0.3) is 11.8 Å². The fourth-order valence-electron chi connectivity index (χ4n) is 4.09. The van der Waals surface area contributed by atoms with Gasteiger partial charge in [-0.15, -0.1) is 0 Å². The van der Waals surface area contributed by atoms with E-state index in [1.54, 1.807) is 7.11 Å². The number of urea groups is 1. The monoisotopic (exact) mass is 389 g/mol. The number of quaternary nitrogens is 1. The molecule has 1 saturated carbocycles. The van der Waals surface area contributed by atoms with Crippen LogP contribution in [-0.2, 0) is 16.1 Å². The van der Waals surface area contributed by atoms with Crippen molar-refractivity contribution < 1.29 is 24.0 Å². The molecule has 0 bridgehead atoms. The number of imide groups is 1. The molecule has 4 amide bonds. The number of methoxy groups -OCH3 is 1. The number of carbonyl (C=O) groups excluding carboxylic acids is 3. The number of benzene rings is 1. The number of nitrogens with zero attached hydrogens (tertiary/aromatic N) is 1. The van der Waals surface area contributed by atoms with Gasteiger partial charge in [0, 0.05) is 5.56 Å². The number of ether oxygens (including phenoxy) is 1. The van der Waals surface area contributed by atoms with Crippen LogP contribution in [0.1, 0.15) is 43.2 Å². The highest BCUT2D eigenvalue weighted by atomic mass is 16.5. The van der Waals surface area contributed by atoms with Gasteiger partial charge in [-0.3, -0.25) is 15.0 Å². The minimum absolute atomic E-state index is 0.126. The first-order valence-corrected chi connectivity index (χ1v) is 9.75. The Kier molecular flexibility index (Phi) is 5.88. The third-order valence-electron chi connectivity index (χ3n) is 5.50. The molecule has 0 radical (unpaired) electrons. The van der Waals surface area contributed by atoms with Crippen LogP contribution in [-0.4, -0.2) is 49.1 Å². The zero-order valence-electron chi connectivity index (χ0n) is 16.8. The standard InChI is InChI=1S/C20H28N4O4/c1-14-7-8-16(28-3)15(11-14)12-23(2)13-17(25)22-24-18(26)20(21-19(24)27)9-5-4-6-10-20/h7-8,11H,4-6,9-10,12-13H2,1-3H3,(H,21,27)(H,22,25)/p+1. The van der Waals surface area contributed by atoms with Crippen molar-refractivity contribution in [1.82, 2.24) is 15.8 Å². The summed E-state index contributed by atoms with van der Waals surface area (Å²) in [6.45, 7) is 2.72. The fraction of sp³-hybridized carbons (Fsp3) is 0.550. The van der Waals surface area contributed by atoms with Gasteiger partial charge in [-0.25, -0.2) is 4.79 Å². The molecule has 1 spiro atoms. The summed E-state index contributed by atoms with van der Waals surface area (Å²) in [4.78, 5) is 38.3. The number of amides is 4. The minimum atomic E-state index is -0.837. The molecule has 2 fully saturated rings. The molecule has 8 heteroatoms. The topological polar surface area (TPSA) is 92.2 Å². The van der Waals surface area contributed by atoms with Crippen molar-refractivity contribution in [2.24, 2.45) is 0 Å². The van der Waals surface area contributed by atoms with Crippen molar-refractivity contribution in [2.75, 3.05) is 20.7 Å². The number of rotatable bonds is 6. The average Bonchev–Trinajstić information content (AvgIpc) is 2.86. The molecule has 1 unspecified atom stereocenters. The highest BCUT2D eigenvalue weighted by Gasteiger charge is 2.52. The number of hydrogen-bond acceptors (Lipinski definition) is 4. The predicted octanol–water partition coefficient (Wildman–Crippen LogP) is 0.304. The molecule has 0 aromatic heterocycles. The van der Waals surface area contributed by atoms with Gasteiger partial charge in [-0.2, -0.15) is 5.01 Å². The zero-order valence-corrected chi connectivity index (χ0v) is 16.8. The summed E-state index contributed by atoms with van der Waals surface area (Å²) in [5, 5.41) is 3.64. The second-order valence-corrected chi connectivity index (χ2v) is 7.87. The Balaban J connectivity index is 1.59. The second-order valence-electron chi connectivity index (χ2n) is 7.87. The maximum atomic E-state index is 12.7. The van der Waals surface area contributed by atoms with E-state index in [1.165, 1.54) is 0 Å². The first-order chi connectivity index (χ1) is 13.3. The lowest BCUT2D eigenvalue weighted by molar-refractivity contribution is -0.885. The van der Waals surface area contributed by atoms with Crippen LogP contribution in [0.4, 0.5) is 4.79 Å². The number of aryl methyl sites for hydroxylation is 1. The Morgan fingerprint density at radius 3 is 2.68 bits per heavy atom. The molecule has 1 heterocycles. The Morgan fingerprint density at radius 1 is 1.29 bits per heavy atom. The van der Waals surface area contributed by atoms with Crippen LogP contribution in [0.15, 0.2) is 18.2 Å². The number of carbonyl (C=O) groups is 3. The summed E-state index contributed by atoms with van der Waals surface area (Å²) in [6.07, 6.45) is 4.12. The van der Waals surface area contributed by atoms with Crippen molar-refractivity contribution in [3.05, 3.63) is 29.3 Å². The smallest absolute Gasteiger partial charge is 0.344 e. The molecular weight excluding hydrogens is 360 g/mol. The fourth-order valence-corrected chi connectivity index (χ4v) is 4.09. The van der Waals surface area contributed by atoms with E-state index in [1.807, 2.05) is 32.2 Å². The van der Waals surface area contributed by atoms with Gasteiger partial charge in [0.2, 0.25) is 0 Å². The molecule has 3 rings (SSSR count). The minimum Gasteiger partial charge on any atom is -0.496 e. The van der Waals surface area contributed by atoms with Crippen LogP contribution in [0.25, 0.3) is 0 Å². The molecule has 28 heavy (non-hydrogen) atoms. The molecule has 1 aliphatic heterocycles. The molecule has 1 aliphatic carbocycles. The summed E-state index contributed by atoms with van der Waals surface area (Å²) in [7, 11) is 3.50. The van der Waals surface area contributed by atoms with E-state index in [0.29, 0.717) is 19.4 Å². The Bertz CT molecular complexity index is 773. The quantitative estimate of drug-likeness (QED) is 0.611. The number of hydrazine groups is 1. The second kappa shape index (κ2) is 8.18. The van der Waals surface area contributed by atoms with E-state index in [0.717, 1.165) is 46.0 Å². The molecule has 8 nitrogen and oxygen atoms in total. The predicted molar refractivity (Wildman–Crippen MR) is 103 cm³/mol. The van der Waals surface area contributed by atoms with Crippen LogP contribution in [0.5, 0.6) is 5.75 Å². The van der Waals surface area contributed by atoms with Crippen molar-refractivity contribution >= 4 is 17.8 Å². The van der Waals surface area contributed by atoms with E-state index < -0.39 is 11.6 Å². The van der Waals surface area contributed by atoms with Gasteiger partial charge in [0.05, 0.1) is 14.2 Å². The van der Waals surface area contributed by atoms with Crippen molar-refractivity contribution in [2.45, 2.75) is 51.1 Å². The molecule has 3 N–H and O–H groups in total. The first-order valence-electron chi connectivity index (χ1n) is 9.75. The number of nitrogens with one attached hydrogen (secondary N) is 3. The molecule has 1 aromatic rings. The molecule has 1 atom stereocenters. The number of hydrogen-bond donors (Lipinski definition) is 3. The summed E-state index contributed by atoms with van der Waals surface area (Å²) in [5.74, 6) is 0.0581. The van der Waals surface area contributed by atoms with Crippen LogP contribution < -0.4 is 20.4 Å². The lowest BCUT2D eigenvalue weighted by Crippen LogP contribution is -3.09. The molecule has 1 aromatic carbocycles. The lowest BCUT2D eigenvalue weighted by atomic mass is 9.82. The van der Waals surface area contributed by atoms with E-state index >= 15 is 0 Å². The maximum absolute atomic E-state index is 12.7. The summed E-state index contributed by atoms with van der Waals surface area (Å²) in [5.41, 5.74) is 3.77. The molecule has 2 aliphatic rings. The Hall–Kier alpha value is -2.61. The summed E-state index contributed by atoms with van der Waals surface area (Å²) < 4.78 is 5.39. The largest absolute Gasteiger partial charge is 0.496 e. The lowest BCUT2D eigenvalue weighted by Gasteiger charge is -2.30. The third-order valence-corrected chi connectivity index (χ3v) is 5.50. The third kappa shape index (κ3) is 4.11. The summed E-state index contributed by atoms with van der Waals surface area (Å²) >= 11 is 0. The van der Waals surface area contributed by atoms with E-state index in [2.05, 4.69) is 10.7 Å². The van der Waals surface area contributed by atoms with Gasteiger partial charge in [0.1, 0.15) is 17.8 Å². The highest BCUT2D eigenvalue weighted by molar-refractivity contribution is 6.08. The average molecular weight is 389 g/mol. The molecule has 152 valence electrons. The van der Waals surface area contributed by atoms with Gasteiger partial charge < -0.3 is 15.0 Å². The van der Waals surface area contributed by atoms with Gasteiger partial charge in [-0.05, 0) is 31.9 Å². The Labute approximate surface area is 165 Å². The molecule has 1 saturated heterocycles. The SMILES string of the molecule is COc1ccc(C)cc1C[NH+](C)CC(=O)NN1C(=O)NC2(CCCCC2)C1=O. The highest BCUT2D eigenvalue weighted by Crippen LogP contribution is 2.32. The van der Waals surface area contributed by atoms with Gasteiger partial charge in [0.15, 0.2) is 6.54 Å². The van der Waals surface area contributed by atoms with Gasteiger partial charge in [-0.1, -0.05) is 30.9 Å². The van der Waals surface area contributed by atoms with Gasteiger partial charge >= 0.3 is 6.03 Å². The van der Waals surface area contributed by atoms with Crippen molar-refractivity contribution in [1.29, 1.82) is 0 Å².